The maximum Gasteiger partial charge on any atom is 0.431 e. The predicted octanol–water partition coefficient (Wildman–Crippen LogP) is 3.57. The average molecular weight is 301 g/mol. The average Bonchev–Trinajstić information content (AvgIpc) is 2.54. The van der Waals surface area contributed by atoms with Gasteiger partial charge in [0.1, 0.15) is 12.4 Å². The first-order valence-corrected chi connectivity index (χ1v) is 7.03. The standard InChI is InChI=1S/C17H19NO4/c1-13(18(21)17(19)20)11-14-7-9-16(10-8-14)22-12-15-5-3-2-4-6-15/h2-10,13,21H,11-12H2,1H3,(H,19,20). The highest BCUT2D eigenvalue weighted by Crippen LogP contribution is 2.16. The second kappa shape index (κ2) is 7.47. The summed E-state index contributed by atoms with van der Waals surface area (Å²) < 4.78 is 5.68. The van der Waals surface area contributed by atoms with Crippen LogP contribution < -0.4 is 4.74 Å². The van der Waals surface area contributed by atoms with Crippen LogP contribution in [0.5, 0.6) is 5.75 Å². The molecule has 0 fully saturated rings. The van der Waals surface area contributed by atoms with Gasteiger partial charge in [-0.15, -0.1) is 0 Å². The molecule has 2 aromatic rings. The monoisotopic (exact) mass is 301 g/mol. The second-order valence-electron chi connectivity index (χ2n) is 5.10. The minimum absolute atomic E-state index is 0.319. The molecule has 2 rings (SSSR count). The van der Waals surface area contributed by atoms with E-state index in [1.807, 2.05) is 54.6 Å². The Morgan fingerprint density at radius 2 is 1.73 bits per heavy atom. The number of benzene rings is 2. The Labute approximate surface area is 129 Å². The number of hydroxylamine groups is 2. The molecule has 116 valence electrons. The third kappa shape index (κ3) is 4.49. The van der Waals surface area contributed by atoms with Gasteiger partial charge < -0.3 is 9.84 Å². The normalized spacial score (nSPS) is 11.7. The van der Waals surface area contributed by atoms with Crippen molar-refractivity contribution >= 4 is 6.09 Å². The first-order chi connectivity index (χ1) is 10.6. The van der Waals surface area contributed by atoms with Gasteiger partial charge in [0.05, 0.1) is 6.04 Å². The van der Waals surface area contributed by atoms with Crippen molar-refractivity contribution in [3.8, 4) is 5.75 Å². The summed E-state index contributed by atoms with van der Waals surface area (Å²) in [6, 6.07) is 16.8. The van der Waals surface area contributed by atoms with E-state index in [1.165, 1.54) is 0 Å². The van der Waals surface area contributed by atoms with Gasteiger partial charge in [0, 0.05) is 0 Å². The summed E-state index contributed by atoms with van der Waals surface area (Å²) in [7, 11) is 0. The first kappa shape index (κ1) is 15.9. The molecule has 5 nitrogen and oxygen atoms in total. The molecule has 1 unspecified atom stereocenters. The van der Waals surface area contributed by atoms with E-state index in [-0.39, 0.29) is 0 Å². The lowest BCUT2D eigenvalue weighted by Crippen LogP contribution is -2.35. The lowest BCUT2D eigenvalue weighted by Gasteiger charge is -2.19. The number of carbonyl (C=O) groups is 1. The van der Waals surface area contributed by atoms with Crippen LogP contribution in [0.25, 0.3) is 0 Å². The van der Waals surface area contributed by atoms with E-state index in [9.17, 15) is 10.0 Å². The van der Waals surface area contributed by atoms with Crippen molar-refractivity contribution < 1.29 is 19.8 Å². The Balaban J connectivity index is 1.89. The van der Waals surface area contributed by atoms with E-state index in [0.29, 0.717) is 18.1 Å². The number of hydrogen-bond donors (Lipinski definition) is 2. The summed E-state index contributed by atoms with van der Waals surface area (Å²) in [5, 5.41) is 18.4. The van der Waals surface area contributed by atoms with Gasteiger partial charge in [0.25, 0.3) is 0 Å². The zero-order valence-electron chi connectivity index (χ0n) is 12.3. The second-order valence-corrected chi connectivity index (χ2v) is 5.10. The Bertz CT molecular complexity index is 598. The highest BCUT2D eigenvalue weighted by Gasteiger charge is 2.16. The van der Waals surface area contributed by atoms with E-state index in [0.717, 1.165) is 16.9 Å². The van der Waals surface area contributed by atoms with Gasteiger partial charge in [-0.2, -0.15) is 5.06 Å². The predicted molar refractivity (Wildman–Crippen MR) is 82.0 cm³/mol. The minimum Gasteiger partial charge on any atom is -0.489 e. The summed E-state index contributed by atoms with van der Waals surface area (Å²) in [4.78, 5) is 10.7. The summed E-state index contributed by atoms with van der Waals surface area (Å²) >= 11 is 0. The summed E-state index contributed by atoms with van der Waals surface area (Å²) in [5.74, 6) is 0.749. The van der Waals surface area contributed by atoms with Crippen LogP contribution in [-0.4, -0.2) is 27.5 Å². The van der Waals surface area contributed by atoms with E-state index in [2.05, 4.69) is 0 Å². The van der Waals surface area contributed by atoms with Crippen LogP contribution in [0.4, 0.5) is 4.79 Å². The summed E-state index contributed by atoms with van der Waals surface area (Å²) in [5.41, 5.74) is 2.03. The van der Waals surface area contributed by atoms with Crippen molar-refractivity contribution in [1.29, 1.82) is 0 Å². The number of ether oxygens (including phenoxy) is 1. The molecule has 0 saturated heterocycles. The molecule has 2 aromatic carbocycles. The van der Waals surface area contributed by atoms with Crippen LogP contribution in [0.3, 0.4) is 0 Å². The molecule has 0 aliphatic heterocycles. The molecule has 0 saturated carbocycles. The molecule has 5 heteroatoms. The molecule has 0 radical (unpaired) electrons. The largest absolute Gasteiger partial charge is 0.489 e. The molecule has 22 heavy (non-hydrogen) atoms. The van der Waals surface area contributed by atoms with Crippen molar-refractivity contribution in [2.75, 3.05) is 0 Å². The van der Waals surface area contributed by atoms with Gasteiger partial charge in [-0.25, -0.2) is 4.79 Å². The molecule has 0 heterocycles. The Hall–Kier alpha value is -2.53. The highest BCUT2D eigenvalue weighted by atomic mass is 16.6. The number of carboxylic acid groups (broad SMARTS) is 1. The summed E-state index contributed by atoms with van der Waals surface area (Å²) in [6.45, 7) is 2.15. The molecule has 2 N–H and O–H groups in total. The van der Waals surface area contributed by atoms with E-state index >= 15 is 0 Å². The zero-order chi connectivity index (χ0) is 15.9. The van der Waals surface area contributed by atoms with Crippen LogP contribution in [-0.2, 0) is 13.0 Å². The van der Waals surface area contributed by atoms with Crippen LogP contribution in [0.1, 0.15) is 18.1 Å². The van der Waals surface area contributed by atoms with Gasteiger partial charge >= 0.3 is 6.09 Å². The molecular formula is C17H19NO4. The SMILES string of the molecule is CC(Cc1ccc(OCc2ccccc2)cc1)N(O)C(=O)O. The van der Waals surface area contributed by atoms with Crippen molar-refractivity contribution in [1.82, 2.24) is 5.06 Å². The van der Waals surface area contributed by atoms with Crippen molar-refractivity contribution in [3.05, 3.63) is 65.7 Å². The Morgan fingerprint density at radius 1 is 1.09 bits per heavy atom. The number of hydrogen-bond acceptors (Lipinski definition) is 3. The Morgan fingerprint density at radius 3 is 2.32 bits per heavy atom. The van der Waals surface area contributed by atoms with Crippen LogP contribution in [0.2, 0.25) is 0 Å². The number of rotatable bonds is 6. The molecule has 0 aromatic heterocycles. The molecule has 1 atom stereocenters. The smallest absolute Gasteiger partial charge is 0.431 e. The van der Waals surface area contributed by atoms with E-state index < -0.39 is 12.1 Å². The van der Waals surface area contributed by atoms with Gasteiger partial charge in [-0.3, -0.25) is 5.21 Å². The van der Waals surface area contributed by atoms with Gasteiger partial charge in [-0.1, -0.05) is 42.5 Å². The molecule has 0 aliphatic rings. The van der Waals surface area contributed by atoms with Crippen LogP contribution >= 0.6 is 0 Å². The van der Waals surface area contributed by atoms with Crippen LogP contribution in [0, 0.1) is 0 Å². The molecule has 0 bridgehead atoms. The van der Waals surface area contributed by atoms with Gasteiger partial charge in [0.15, 0.2) is 0 Å². The van der Waals surface area contributed by atoms with E-state index in [1.54, 1.807) is 6.92 Å². The van der Waals surface area contributed by atoms with Gasteiger partial charge in [0.2, 0.25) is 0 Å². The molecular weight excluding hydrogens is 282 g/mol. The lowest BCUT2D eigenvalue weighted by molar-refractivity contribution is -0.0910. The molecule has 0 aliphatic carbocycles. The van der Waals surface area contributed by atoms with Gasteiger partial charge in [-0.05, 0) is 36.6 Å². The number of amides is 1. The van der Waals surface area contributed by atoms with E-state index in [4.69, 9.17) is 9.84 Å². The van der Waals surface area contributed by atoms with Crippen molar-refractivity contribution in [3.63, 3.8) is 0 Å². The fourth-order valence-electron chi connectivity index (χ4n) is 2.08. The highest BCUT2D eigenvalue weighted by molar-refractivity contribution is 5.63. The number of nitrogens with zero attached hydrogens (tertiary/aromatic N) is 1. The maximum atomic E-state index is 10.7. The zero-order valence-corrected chi connectivity index (χ0v) is 12.3. The van der Waals surface area contributed by atoms with Crippen LogP contribution in [0.15, 0.2) is 54.6 Å². The molecule has 0 spiro atoms. The topological polar surface area (TPSA) is 70.0 Å². The quantitative estimate of drug-likeness (QED) is 0.632. The summed E-state index contributed by atoms with van der Waals surface area (Å²) in [6.07, 6.45) is -0.919. The third-order valence-corrected chi connectivity index (χ3v) is 3.32. The van der Waals surface area contributed by atoms with Crippen molar-refractivity contribution in [2.45, 2.75) is 26.0 Å². The lowest BCUT2D eigenvalue weighted by atomic mass is 10.1. The Kier molecular flexibility index (Phi) is 5.38. The fraction of sp³-hybridized carbons (Fsp3) is 0.235. The fourth-order valence-corrected chi connectivity index (χ4v) is 2.08. The van der Waals surface area contributed by atoms with Crippen molar-refractivity contribution in [2.24, 2.45) is 0 Å². The first-order valence-electron chi connectivity index (χ1n) is 7.03. The minimum atomic E-state index is -1.35. The maximum absolute atomic E-state index is 10.7. The molecule has 1 amide bonds. The third-order valence-electron chi connectivity index (χ3n) is 3.32.